The quantitative estimate of drug-likeness (QED) is 0.827. The van der Waals surface area contributed by atoms with Crippen molar-refractivity contribution in [3.63, 3.8) is 0 Å². The van der Waals surface area contributed by atoms with E-state index in [1.165, 1.54) is 37.1 Å². The molecule has 0 unspecified atom stereocenters. The van der Waals surface area contributed by atoms with Gasteiger partial charge in [-0.15, -0.1) is 11.3 Å². The summed E-state index contributed by atoms with van der Waals surface area (Å²) in [6, 6.07) is 8.42. The number of likely N-dealkylation sites (tertiary alicyclic amines) is 1. The Morgan fingerprint density at radius 3 is 2.76 bits per heavy atom. The molecule has 1 aliphatic heterocycles. The zero-order valence-corrected chi connectivity index (χ0v) is 15.6. The van der Waals surface area contributed by atoms with Gasteiger partial charge in [-0.2, -0.15) is 0 Å². The second-order valence-corrected chi connectivity index (χ2v) is 7.49. The monoisotopic (exact) mass is 358 g/mol. The minimum atomic E-state index is -0.0347. The van der Waals surface area contributed by atoms with E-state index in [1.807, 2.05) is 12.4 Å². The maximum absolute atomic E-state index is 12.3. The molecule has 1 saturated heterocycles. The number of rotatable bonds is 7. The van der Waals surface area contributed by atoms with Gasteiger partial charge in [0.05, 0.1) is 5.01 Å². The largest absolute Gasteiger partial charge is 0.338 e. The summed E-state index contributed by atoms with van der Waals surface area (Å²) in [6.45, 7) is 4.59. The third-order valence-corrected chi connectivity index (χ3v) is 5.40. The molecule has 0 saturated carbocycles. The summed E-state index contributed by atoms with van der Waals surface area (Å²) in [7, 11) is 1.85. The van der Waals surface area contributed by atoms with E-state index in [9.17, 15) is 4.79 Å². The van der Waals surface area contributed by atoms with Crippen molar-refractivity contribution in [2.75, 3.05) is 26.7 Å². The van der Waals surface area contributed by atoms with Gasteiger partial charge in [0.1, 0.15) is 0 Å². The molecular weight excluding hydrogens is 332 g/mol. The Morgan fingerprint density at radius 1 is 1.28 bits per heavy atom. The van der Waals surface area contributed by atoms with Crippen molar-refractivity contribution in [2.45, 2.75) is 32.4 Å². The van der Waals surface area contributed by atoms with Crippen LogP contribution in [-0.4, -0.2) is 47.5 Å². The molecule has 1 aliphatic rings. The highest BCUT2D eigenvalue weighted by atomic mass is 32.1. The fraction of sp³-hybridized carbons (Fsp3) is 0.474. The van der Waals surface area contributed by atoms with E-state index in [2.05, 4.69) is 39.5 Å². The first-order valence-corrected chi connectivity index (χ1v) is 9.77. The van der Waals surface area contributed by atoms with Crippen LogP contribution in [0.2, 0.25) is 0 Å². The molecule has 0 bridgehead atoms. The van der Waals surface area contributed by atoms with Gasteiger partial charge >= 0.3 is 6.03 Å². The fourth-order valence-corrected chi connectivity index (χ4v) is 3.78. The Labute approximate surface area is 153 Å². The predicted octanol–water partition coefficient (Wildman–Crippen LogP) is 3.12. The first-order valence-electron chi connectivity index (χ1n) is 8.89. The van der Waals surface area contributed by atoms with Crippen molar-refractivity contribution >= 4 is 17.4 Å². The lowest BCUT2D eigenvalue weighted by molar-refractivity contribution is 0.206. The number of thiazole rings is 1. The van der Waals surface area contributed by atoms with E-state index in [1.54, 1.807) is 22.4 Å². The van der Waals surface area contributed by atoms with E-state index < -0.39 is 0 Å². The van der Waals surface area contributed by atoms with Crippen LogP contribution in [0.25, 0.3) is 0 Å². The third-order valence-electron chi connectivity index (χ3n) is 4.56. The number of amides is 2. The van der Waals surface area contributed by atoms with Gasteiger partial charge in [-0.05, 0) is 37.1 Å². The molecule has 25 heavy (non-hydrogen) atoms. The molecule has 1 fully saturated rings. The van der Waals surface area contributed by atoms with Gasteiger partial charge in [0.15, 0.2) is 0 Å². The lowest BCUT2D eigenvalue weighted by Crippen LogP contribution is -2.38. The lowest BCUT2D eigenvalue weighted by Gasteiger charge is -2.22. The van der Waals surface area contributed by atoms with Crippen LogP contribution >= 0.6 is 11.3 Å². The molecule has 5 nitrogen and oxygen atoms in total. The standard InChI is InChI=1S/C19H26N4OS/c1-22(19(24)21-9-8-18-20-10-13-25-18)14-16-6-2-3-7-17(16)15-23-11-4-5-12-23/h2-3,6-7,10,13H,4-5,8-9,11-12,14-15H2,1H3,(H,21,24). The maximum atomic E-state index is 12.3. The minimum Gasteiger partial charge on any atom is -0.338 e. The van der Waals surface area contributed by atoms with Crippen molar-refractivity contribution in [2.24, 2.45) is 0 Å². The van der Waals surface area contributed by atoms with Crippen molar-refractivity contribution in [1.29, 1.82) is 0 Å². The third kappa shape index (κ3) is 5.28. The SMILES string of the molecule is CN(Cc1ccccc1CN1CCCC1)C(=O)NCCc1nccs1. The van der Waals surface area contributed by atoms with Crippen molar-refractivity contribution in [3.05, 3.63) is 52.0 Å². The van der Waals surface area contributed by atoms with Crippen LogP contribution in [0.15, 0.2) is 35.8 Å². The summed E-state index contributed by atoms with van der Waals surface area (Å²) in [6.07, 6.45) is 5.17. The predicted molar refractivity (Wildman–Crippen MR) is 102 cm³/mol. The molecule has 0 aliphatic carbocycles. The lowest BCUT2D eigenvalue weighted by atomic mass is 10.1. The molecule has 134 valence electrons. The maximum Gasteiger partial charge on any atom is 0.317 e. The van der Waals surface area contributed by atoms with Crippen molar-refractivity contribution in [1.82, 2.24) is 20.1 Å². The molecular formula is C19H26N4OS. The number of carbonyl (C=O) groups is 1. The average molecular weight is 359 g/mol. The topological polar surface area (TPSA) is 48.5 Å². The summed E-state index contributed by atoms with van der Waals surface area (Å²) in [4.78, 5) is 20.8. The summed E-state index contributed by atoms with van der Waals surface area (Å²) >= 11 is 1.62. The van der Waals surface area contributed by atoms with Crippen LogP contribution in [0.1, 0.15) is 29.0 Å². The Hall–Kier alpha value is -1.92. The van der Waals surface area contributed by atoms with E-state index in [0.29, 0.717) is 13.1 Å². The molecule has 1 aromatic carbocycles. The zero-order valence-electron chi connectivity index (χ0n) is 14.8. The van der Waals surface area contributed by atoms with Crippen molar-refractivity contribution < 1.29 is 4.79 Å². The van der Waals surface area contributed by atoms with E-state index in [4.69, 9.17) is 0 Å². The summed E-state index contributed by atoms with van der Waals surface area (Å²) in [5, 5.41) is 5.99. The van der Waals surface area contributed by atoms with Crippen LogP contribution in [0.5, 0.6) is 0 Å². The van der Waals surface area contributed by atoms with E-state index in [0.717, 1.165) is 18.0 Å². The van der Waals surface area contributed by atoms with Gasteiger partial charge in [0, 0.05) is 44.7 Å². The molecule has 0 spiro atoms. The minimum absolute atomic E-state index is 0.0347. The first-order chi connectivity index (χ1) is 12.2. The number of carbonyl (C=O) groups excluding carboxylic acids is 1. The smallest absolute Gasteiger partial charge is 0.317 e. The molecule has 0 radical (unpaired) electrons. The molecule has 3 rings (SSSR count). The van der Waals surface area contributed by atoms with Crippen LogP contribution in [0.4, 0.5) is 4.79 Å². The molecule has 2 heterocycles. The second-order valence-electron chi connectivity index (χ2n) is 6.52. The number of hydrogen-bond acceptors (Lipinski definition) is 4. The first kappa shape index (κ1) is 17.9. The normalized spacial score (nSPS) is 14.6. The van der Waals surface area contributed by atoms with Crippen LogP contribution in [0.3, 0.4) is 0 Å². The summed E-state index contributed by atoms with van der Waals surface area (Å²) in [5.41, 5.74) is 2.55. The Morgan fingerprint density at radius 2 is 2.04 bits per heavy atom. The fourth-order valence-electron chi connectivity index (χ4n) is 3.16. The van der Waals surface area contributed by atoms with Crippen LogP contribution < -0.4 is 5.32 Å². The Bertz CT molecular complexity index is 668. The van der Waals surface area contributed by atoms with Gasteiger partial charge < -0.3 is 10.2 Å². The second kappa shape index (κ2) is 8.97. The van der Waals surface area contributed by atoms with Gasteiger partial charge in [0.25, 0.3) is 0 Å². The number of urea groups is 1. The number of aromatic nitrogens is 1. The van der Waals surface area contributed by atoms with E-state index >= 15 is 0 Å². The van der Waals surface area contributed by atoms with Gasteiger partial charge in [0.2, 0.25) is 0 Å². The van der Waals surface area contributed by atoms with Crippen LogP contribution in [-0.2, 0) is 19.5 Å². The molecule has 1 N–H and O–H groups in total. The number of nitrogens with one attached hydrogen (secondary N) is 1. The number of hydrogen-bond donors (Lipinski definition) is 1. The highest BCUT2D eigenvalue weighted by Crippen LogP contribution is 2.17. The highest BCUT2D eigenvalue weighted by molar-refractivity contribution is 7.09. The summed E-state index contributed by atoms with van der Waals surface area (Å²) in [5.74, 6) is 0. The van der Waals surface area contributed by atoms with Crippen LogP contribution in [0, 0.1) is 0 Å². The zero-order chi connectivity index (χ0) is 17.5. The van der Waals surface area contributed by atoms with Crippen molar-refractivity contribution in [3.8, 4) is 0 Å². The van der Waals surface area contributed by atoms with Gasteiger partial charge in [-0.25, -0.2) is 9.78 Å². The Balaban J connectivity index is 1.51. The number of benzene rings is 1. The van der Waals surface area contributed by atoms with Gasteiger partial charge in [-0.3, -0.25) is 4.90 Å². The average Bonchev–Trinajstić information content (AvgIpc) is 3.30. The highest BCUT2D eigenvalue weighted by Gasteiger charge is 2.15. The van der Waals surface area contributed by atoms with Gasteiger partial charge in [-0.1, -0.05) is 24.3 Å². The molecule has 6 heteroatoms. The molecule has 0 atom stereocenters. The summed E-state index contributed by atoms with van der Waals surface area (Å²) < 4.78 is 0. The Kier molecular flexibility index (Phi) is 6.42. The van der Waals surface area contributed by atoms with E-state index in [-0.39, 0.29) is 6.03 Å². The number of nitrogens with zero attached hydrogens (tertiary/aromatic N) is 3. The molecule has 2 aromatic rings. The molecule has 1 aromatic heterocycles. The molecule has 2 amide bonds.